The Bertz CT molecular complexity index is 709. The molecule has 0 aromatic heterocycles. The Morgan fingerprint density at radius 3 is 2.16 bits per heavy atom. The van der Waals surface area contributed by atoms with Crippen LogP contribution in [-0.2, 0) is 16.9 Å². The zero-order valence-electron chi connectivity index (χ0n) is 15.1. The van der Waals surface area contributed by atoms with Crippen LogP contribution < -0.4 is 0 Å². The van der Waals surface area contributed by atoms with Crippen molar-refractivity contribution in [2.24, 2.45) is 0 Å². The largest absolute Gasteiger partial charge is 0.385 e. The minimum absolute atomic E-state index is 0.261. The van der Waals surface area contributed by atoms with Crippen LogP contribution in [0.4, 0.5) is 0 Å². The van der Waals surface area contributed by atoms with Gasteiger partial charge in [-0.1, -0.05) is 48.5 Å². The van der Waals surface area contributed by atoms with Gasteiger partial charge in [-0.05, 0) is 48.9 Å². The van der Waals surface area contributed by atoms with Crippen molar-refractivity contribution in [1.29, 1.82) is 0 Å². The number of ether oxygens (including phenoxy) is 1. The SMILES string of the molecule is Cc1cccc(C)c1C1(O)CC2COCC(C1)N2Cc1ccccc1. The standard InChI is InChI=1S/C22H27NO2/c1-16-7-6-8-17(2)21(16)22(24)11-19-14-25-15-20(12-22)23(19)13-18-9-4-3-5-10-18/h3-10,19-20,24H,11-15H2,1-2H3. The van der Waals surface area contributed by atoms with E-state index in [0.29, 0.717) is 13.2 Å². The normalized spacial score (nSPS) is 29.6. The van der Waals surface area contributed by atoms with Crippen LogP contribution in [0.1, 0.15) is 35.1 Å². The first-order valence-corrected chi connectivity index (χ1v) is 9.23. The lowest BCUT2D eigenvalue weighted by Gasteiger charge is -2.52. The lowest BCUT2D eigenvalue weighted by Crippen LogP contribution is -2.60. The Kier molecular flexibility index (Phi) is 4.40. The summed E-state index contributed by atoms with van der Waals surface area (Å²) in [6, 6.07) is 17.4. The summed E-state index contributed by atoms with van der Waals surface area (Å²) in [6.07, 6.45) is 1.48. The zero-order chi connectivity index (χ0) is 17.4. The van der Waals surface area contributed by atoms with Gasteiger partial charge in [-0.25, -0.2) is 0 Å². The van der Waals surface area contributed by atoms with Gasteiger partial charge >= 0.3 is 0 Å². The van der Waals surface area contributed by atoms with Gasteiger partial charge in [0.05, 0.1) is 18.8 Å². The first-order valence-electron chi connectivity index (χ1n) is 9.23. The smallest absolute Gasteiger partial charge is 0.0933 e. The average molecular weight is 337 g/mol. The van der Waals surface area contributed by atoms with Gasteiger partial charge in [0.15, 0.2) is 0 Å². The zero-order valence-corrected chi connectivity index (χ0v) is 15.1. The molecule has 1 N–H and O–H groups in total. The Balaban J connectivity index is 1.63. The van der Waals surface area contributed by atoms with Crippen molar-refractivity contribution in [1.82, 2.24) is 4.90 Å². The number of aliphatic hydroxyl groups is 1. The predicted octanol–water partition coefficient (Wildman–Crippen LogP) is 3.55. The Hall–Kier alpha value is -1.68. The second-order valence-corrected chi connectivity index (χ2v) is 7.71. The van der Waals surface area contributed by atoms with E-state index in [1.54, 1.807) is 0 Å². The van der Waals surface area contributed by atoms with Crippen molar-refractivity contribution in [2.75, 3.05) is 13.2 Å². The number of nitrogens with zero attached hydrogens (tertiary/aromatic N) is 1. The molecular formula is C22H27NO2. The van der Waals surface area contributed by atoms with Crippen molar-refractivity contribution < 1.29 is 9.84 Å². The lowest BCUT2D eigenvalue weighted by atomic mass is 9.74. The highest BCUT2D eigenvalue weighted by molar-refractivity contribution is 5.39. The molecule has 2 heterocycles. The molecule has 4 rings (SSSR count). The fraction of sp³-hybridized carbons (Fsp3) is 0.455. The van der Waals surface area contributed by atoms with Crippen LogP contribution in [0.5, 0.6) is 0 Å². The number of fused-ring (bicyclic) bond motifs is 2. The van der Waals surface area contributed by atoms with E-state index in [9.17, 15) is 5.11 Å². The Morgan fingerprint density at radius 2 is 1.56 bits per heavy atom. The minimum Gasteiger partial charge on any atom is -0.385 e. The van der Waals surface area contributed by atoms with Gasteiger partial charge < -0.3 is 9.84 Å². The number of hydrogen-bond acceptors (Lipinski definition) is 3. The van der Waals surface area contributed by atoms with Crippen molar-refractivity contribution in [3.63, 3.8) is 0 Å². The van der Waals surface area contributed by atoms with E-state index in [0.717, 1.165) is 24.9 Å². The summed E-state index contributed by atoms with van der Waals surface area (Å²) in [5.41, 5.74) is 4.10. The molecule has 2 unspecified atom stereocenters. The summed E-state index contributed by atoms with van der Waals surface area (Å²) in [6.45, 7) is 6.57. The quantitative estimate of drug-likeness (QED) is 0.930. The maximum absolute atomic E-state index is 11.6. The molecule has 0 amide bonds. The van der Waals surface area contributed by atoms with E-state index in [1.165, 1.54) is 16.7 Å². The van der Waals surface area contributed by atoms with Crippen LogP contribution in [0.3, 0.4) is 0 Å². The predicted molar refractivity (Wildman–Crippen MR) is 99.4 cm³/mol. The van der Waals surface area contributed by atoms with Crippen LogP contribution in [-0.4, -0.2) is 35.3 Å². The third-order valence-electron chi connectivity index (χ3n) is 5.86. The van der Waals surface area contributed by atoms with E-state index < -0.39 is 5.60 Å². The van der Waals surface area contributed by atoms with Crippen molar-refractivity contribution in [3.8, 4) is 0 Å². The molecule has 2 atom stereocenters. The molecule has 3 heteroatoms. The van der Waals surface area contributed by atoms with Crippen LogP contribution in [0, 0.1) is 13.8 Å². The molecule has 2 aromatic rings. The molecule has 2 aliphatic heterocycles. The first-order chi connectivity index (χ1) is 12.1. The summed E-state index contributed by atoms with van der Waals surface area (Å²) in [7, 11) is 0. The molecule has 0 aliphatic carbocycles. The fourth-order valence-electron chi connectivity index (χ4n) is 4.85. The molecule has 0 spiro atoms. The number of piperidine rings is 1. The van der Waals surface area contributed by atoms with Crippen molar-refractivity contribution >= 4 is 0 Å². The number of aryl methyl sites for hydroxylation is 2. The van der Waals surface area contributed by atoms with Crippen LogP contribution >= 0.6 is 0 Å². The Labute approximate surface area is 150 Å². The second-order valence-electron chi connectivity index (χ2n) is 7.71. The molecule has 3 nitrogen and oxygen atoms in total. The highest BCUT2D eigenvalue weighted by atomic mass is 16.5. The van der Waals surface area contributed by atoms with Crippen LogP contribution in [0.2, 0.25) is 0 Å². The second kappa shape index (κ2) is 6.56. The van der Waals surface area contributed by atoms with Gasteiger partial charge in [0.1, 0.15) is 0 Å². The molecule has 0 saturated carbocycles. The lowest BCUT2D eigenvalue weighted by molar-refractivity contribution is -0.149. The Morgan fingerprint density at radius 1 is 0.960 bits per heavy atom. The summed E-state index contributed by atoms with van der Waals surface area (Å²) in [4.78, 5) is 2.54. The summed E-state index contributed by atoms with van der Waals surface area (Å²) in [5, 5.41) is 11.6. The number of hydrogen-bond donors (Lipinski definition) is 1. The molecule has 2 aliphatic rings. The molecule has 2 aromatic carbocycles. The van der Waals surface area contributed by atoms with E-state index in [1.807, 2.05) is 0 Å². The maximum atomic E-state index is 11.6. The highest BCUT2D eigenvalue weighted by Gasteiger charge is 2.47. The first kappa shape index (κ1) is 16.8. The van der Waals surface area contributed by atoms with Gasteiger partial charge in [0.25, 0.3) is 0 Å². The molecule has 2 bridgehead atoms. The van der Waals surface area contributed by atoms with Gasteiger partial charge in [-0.2, -0.15) is 0 Å². The van der Waals surface area contributed by atoms with Gasteiger partial charge in [0.2, 0.25) is 0 Å². The van der Waals surface area contributed by atoms with Gasteiger partial charge in [0, 0.05) is 18.6 Å². The number of morpholine rings is 1. The average Bonchev–Trinajstić information content (AvgIpc) is 2.57. The van der Waals surface area contributed by atoms with Crippen LogP contribution in [0.15, 0.2) is 48.5 Å². The summed E-state index contributed by atoms with van der Waals surface area (Å²) < 4.78 is 5.84. The van der Waals surface area contributed by atoms with Crippen LogP contribution in [0.25, 0.3) is 0 Å². The minimum atomic E-state index is -0.748. The summed E-state index contributed by atoms with van der Waals surface area (Å²) in [5.74, 6) is 0. The number of benzene rings is 2. The van der Waals surface area contributed by atoms with Gasteiger partial charge in [-0.3, -0.25) is 4.90 Å². The third kappa shape index (κ3) is 3.12. The fourth-order valence-corrected chi connectivity index (χ4v) is 4.85. The summed E-state index contributed by atoms with van der Waals surface area (Å²) >= 11 is 0. The number of rotatable bonds is 3. The van der Waals surface area contributed by atoms with Crippen molar-refractivity contribution in [3.05, 3.63) is 70.8 Å². The van der Waals surface area contributed by atoms with Gasteiger partial charge in [-0.15, -0.1) is 0 Å². The van der Waals surface area contributed by atoms with E-state index in [2.05, 4.69) is 67.3 Å². The molecular weight excluding hydrogens is 310 g/mol. The van der Waals surface area contributed by atoms with E-state index in [-0.39, 0.29) is 12.1 Å². The topological polar surface area (TPSA) is 32.7 Å². The third-order valence-corrected chi connectivity index (χ3v) is 5.86. The molecule has 0 radical (unpaired) electrons. The van der Waals surface area contributed by atoms with E-state index in [4.69, 9.17) is 4.74 Å². The highest BCUT2D eigenvalue weighted by Crippen LogP contribution is 2.43. The molecule has 2 fully saturated rings. The maximum Gasteiger partial charge on any atom is 0.0933 e. The monoisotopic (exact) mass is 337 g/mol. The molecule has 25 heavy (non-hydrogen) atoms. The van der Waals surface area contributed by atoms with Crippen molar-refractivity contribution in [2.45, 2.75) is 50.9 Å². The van der Waals surface area contributed by atoms with E-state index >= 15 is 0 Å². The molecule has 2 saturated heterocycles. The molecule has 132 valence electrons.